The Balaban J connectivity index is 1.89. The lowest BCUT2D eigenvalue weighted by Gasteiger charge is -2.08. The second-order valence-electron chi connectivity index (χ2n) is 4.78. The third-order valence-electron chi connectivity index (χ3n) is 3.32. The highest BCUT2D eigenvalue weighted by Crippen LogP contribution is 2.30. The Bertz CT molecular complexity index is 581. The number of rotatable bonds is 4. The van der Waals surface area contributed by atoms with Crippen molar-refractivity contribution in [3.05, 3.63) is 42.1 Å². The molecule has 0 amide bonds. The Morgan fingerprint density at radius 1 is 1.26 bits per heavy atom. The van der Waals surface area contributed by atoms with Gasteiger partial charge in [0.1, 0.15) is 5.75 Å². The van der Waals surface area contributed by atoms with Crippen LogP contribution in [0, 0.1) is 0 Å². The minimum absolute atomic E-state index is 0.796. The van der Waals surface area contributed by atoms with E-state index in [-0.39, 0.29) is 0 Å². The van der Waals surface area contributed by atoms with Gasteiger partial charge in [-0.2, -0.15) is 0 Å². The maximum absolute atomic E-state index is 5.53. The minimum atomic E-state index is 0.796. The van der Waals surface area contributed by atoms with E-state index in [1.165, 1.54) is 5.56 Å². The first kappa shape index (κ1) is 12.0. The lowest BCUT2D eigenvalue weighted by molar-refractivity contribution is 0.357. The van der Waals surface area contributed by atoms with Gasteiger partial charge >= 0.3 is 0 Å². The van der Waals surface area contributed by atoms with Gasteiger partial charge in [-0.25, -0.2) is 0 Å². The molecule has 0 unspecified atom stereocenters. The van der Waals surface area contributed by atoms with Crippen molar-refractivity contribution in [1.82, 2.24) is 4.98 Å². The fraction of sp³-hybridized carbons (Fsp3) is 0.312. The van der Waals surface area contributed by atoms with Gasteiger partial charge in [-0.3, -0.25) is 4.98 Å². The Kier molecular flexibility index (Phi) is 3.36. The first-order valence-corrected chi connectivity index (χ1v) is 6.83. The molecule has 1 aromatic heterocycles. The van der Waals surface area contributed by atoms with E-state index in [0.29, 0.717) is 0 Å². The zero-order chi connectivity index (χ0) is 13.1. The van der Waals surface area contributed by atoms with Crippen molar-refractivity contribution in [2.75, 3.05) is 18.5 Å². The second kappa shape index (κ2) is 5.31. The van der Waals surface area contributed by atoms with Crippen LogP contribution in [0.5, 0.6) is 5.75 Å². The molecule has 0 saturated carbocycles. The van der Waals surface area contributed by atoms with Gasteiger partial charge in [-0.05, 0) is 42.3 Å². The van der Waals surface area contributed by atoms with Crippen LogP contribution in [-0.4, -0.2) is 18.1 Å². The quantitative estimate of drug-likeness (QED) is 0.906. The van der Waals surface area contributed by atoms with Gasteiger partial charge < -0.3 is 10.1 Å². The van der Waals surface area contributed by atoms with E-state index >= 15 is 0 Å². The van der Waals surface area contributed by atoms with Gasteiger partial charge in [-0.1, -0.05) is 6.92 Å². The smallest absolute Gasteiger partial charge is 0.122 e. The molecule has 0 spiro atoms. The van der Waals surface area contributed by atoms with E-state index in [2.05, 4.69) is 35.4 Å². The highest BCUT2D eigenvalue weighted by atomic mass is 16.5. The lowest BCUT2D eigenvalue weighted by Crippen LogP contribution is -1.99. The average Bonchev–Trinajstić information content (AvgIpc) is 2.92. The molecule has 0 aliphatic carbocycles. The number of benzene rings is 1. The molecule has 2 aromatic rings. The molecule has 0 radical (unpaired) electrons. The lowest BCUT2D eigenvalue weighted by atomic mass is 10.1. The molecule has 1 N–H and O–H groups in total. The zero-order valence-electron chi connectivity index (χ0n) is 11.1. The number of hydrogen-bond donors (Lipinski definition) is 1. The van der Waals surface area contributed by atoms with Gasteiger partial charge in [0.05, 0.1) is 12.3 Å². The van der Waals surface area contributed by atoms with Crippen LogP contribution in [0.1, 0.15) is 18.9 Å². The number of nitrogens with zero attached hydrogens (tertiary/aromatic N) is 1. The fourth-order valence-corrected chi connectivity index (χ4v) is 2.31. The van der Waals surface area contributed by atoms with Crippen molar-refractivity contribution in [2.45, 2.75) is 19.8 Å². The molecule has 3 rings (SSSR count). The van der Waals surface area contributed by atoms with Crippen LogP contribution in [-0.2, 0) is 6.42 Å². The number of aromatic nitrogens is 1. The highest BCUT2D eigenvalue weighted by molar-refractivity contribution is 5.66. The van der Waals surface area contributed by atoms with Crippen molar-refractivity contribution < 1.29 is 4.74 Å². The zero-order valence-corrected chi connectivity index (χ0v) is 11.1. The molecular formula is C16H18N2O. The summed E-state index contributed by atoms with van der Waals surface area (Å²) in [6.45, 7) is 3.95. The molecule has 1 aliphatic heterocycles. The molecule has 98 valence electrons. The molecule has 0 fully saturated rings. The van der Waals surface area contributed by atoms with E-state index in [0.717, 1.165) is 48.7 Å². The van der Waals surface area contributed by atoms with Gasteiger partial charge in [-0.15, -0.1) is 0 Å². The minimum Gasteiger partial charge on any atom is -0.493 e. The summed E-state index contributed by atoms with van der Waals surface area (Å²) >= 11 is 0. The third kappa shape index (κ3) is 2.55. The topological polar surface area (TPSA) is 34.2 Å². The largest absolute Gasteiger partial charge is 0.493 e. The predicted octanol–water partition coefficient (Wildman–Crippen LogP) is 3.51. The van der Waals surface area contributed by atoms with Crippen molar-refractivity contribution in [2.24, 2.45) is 0 Å². The van der Waals surface area contributed by atoms with Gasteiger partial charge in [0.2, 0.25) is 0 Å². The van der Waals surface area contributed by atoms with E-state index in [4.69, 9.17) is 4.74 Å². The molecular weight excluding hydrogens is 236 g/mol. The summed E-state index contributed by atoms with van der Waals surface area (Å²) in [7, 11) is 0. The monoisotopic (exact) mass is 254 g/mol. The van der Waals surface area contributed by atoms with E-state index in [1.54, 1.807) is 0 Å². The van der Waals surface area contributed by atoms with Crippen LogP contribution in [0.4, 0.5) is 5.69 Å². The predicted molar refractivity (Wildman–Crippen MR) is 77.7 cm³/mol. The van der Waals surface area contributed by atoms with Crippen LogP contribution in [0.3, 0.4) is 0 Å². The first-order valence-electron chi connectivity index (χ1n) is 6.83. The summed E-state index contributed by atoms with van der Waals surface area (Å²) in [5.74, 6) is 1.02. The molecule has 3 nitrogen and oxygen atoms in total. The Morgan fingerprint density at radius 3 is 3.11 bits per heavy atom. The molecule has 2 heterocycles. The Hall–Kier alpha value is -2.03. The van der Waals surface area contributed by atoms with Crippen molar-refractivity contribution >= 4 is 5.69 Å². The van der Waals surface area contributed by atoms with Crippen LogP contribution in [0.25, 0.3) is 11.3 Å². The Morgan fingerprint density at radius 2 is 2.21 bits per heavy atom. The Labute approximate surface area is 113 Å². The first-order chi connectivity index (χ1) is 9.36. The number of ether oxygens (including phenoxy) is 1. The summed E-state index contributed by atoms with van der Waals surface area (Å²) in [6.07, 6.45) is 3.97. The molecule has 1 aliphatic rings. The van der Waals surface area contributed by atoms with E-state index < -0.39 is 0 Å². The third-order valence-corrected chi connectivity index (χ3v) is 3.32. The van der Waals surface area contributed by atoms with Crippen LogP contribution < -0.4 is 10.1 Å². The van der Waals surface area contributed by atoms with Crippen LogP contribution in [0.2, 0.25) is 0 Å². The van der Waals surface area contributed by atoms with E-state index in [1.807, 2.05) is 18.3 Å². The van der Waals surface area contributed by atoms with Crippen molar-refractivity contribution in [3.8, 4) is 17.0 Å². The highest BCUT2D eigenvalue weighted by Gasteiger charge is 2.13. The number of pyridine rings is 1. The molecule has 0 atom stereocenters. The summed E-state index contributed by atoms with van der Waals surface area (Å²) in [5.41, 5.74) is 4.58. The molecule has 0 bridgehead atoms. The van der Waals surface area contributed by atoms with Crippen molar-refractivity contribution in [1.29, 1.82) is 0 Å². The normalized spacial score (nSPS) is 12.9. The van der Waals surface area contributed by atoms with E-state index in [9.17, 15) is 0 Å². The summed E-state index contributed by atoms with van der Waals surface area (Å²) in [4.78, 5) is 4.46. The maximum atomic E-state index is 5.53. The van der Waals surface area contributed by atoms with Gasteiger partial charge in [0, 0.05) is 30.4 Å². The number of hydrogen-bond acceptors (Lipinski definition) is 3. The summed E-state index contributed by atoms with van der Waals surface area (Å²) in [5, 5.41) is 3.39. The maximum Gasteiger partial charge on any atom is 0.122 e. The van der Waals surface area contributed by atoms with Crippen LogP contribution >= 0.6 is 0 Å². The molecule has 19 heavy (non-hydrogen) atoms. The number of fused-ring (bicyclic) bond motifs is 1. The van der Waals surface area contributed by atoms with Crippen molar-refractivity contribution in [3.63, 3.8) is 0 Å². The van der Waals surface area contributed by atoms with Crippen LogP contribution in [0.15, 0.2) is 36.5 Å². The number of nitrogens with one attached hydrogen (secondary N) is 1. The molecule has 3 heteroatoms. The van der Waals surface area contributed by atoms with Gasteiger partial charge in [0.15, 0.2) is 0 Å². The summed E-state index contributed by atoms with van der Waals surface area (Å²) in [6, 6.07) is 10.4. The van der Waals surface area contributed by atoms with Gasteiger partial charge in [0.25, 0.3) is 0 Å². The standard InChI is InChI=1S/C16H18N2O/c1-2-7-17-14-5-8-18-15(11-14)12-3-4-16-13(10-12)6-9-19-16/h3-5,8,10-11H,2,6-7,9H2,1H3,(H,17,18). The second-order valence-corrected chi connectivity index (χ2v) is 4.78. The SMILES string of the molecule is CCCNc1ccnc(-c2ccc3c(c2)CCO3)c1. The number of anilines is 1. The molecule has 0 saturated heterocycles. The fourth-order valence-electron chi connectivity index (χ4n) is 2.31. The average molecular weight is 254 g/mol. The summed E-state index contributed by atoms with van der Waals surface area (Å²) < 4.78 is 5.53. The molecule has 1 aromatic carbocycles.